The van der Waals surface area contributed by atoms with Crippen LogP contribution >= 0.6 is 0 Å². The summed E-state index contributed by atoms with van der Waals surface area (Å²) in [5.74, 6) is 2.33. The van der Waals surface area contributed by atoms with E-state index in [1.807, 2.05) is 9.80 Å². The monoisotopic (exact) mass is 329 g/mol. The first-order valence-electron chi connectivity index (χ1n) is 9.20. The minimum atomic E-state index is -0.186. The fourth-order valence-corrected chi connectivity index (χ4v) is 4.13. The van der Waals surface area contributed by atoms with Crippen molar-refractivity contribution in [1.29, 1.82) is 0 Å². The number of nitrogens with zero attached hydrogens (tertiary/aromatic N) is 3. The Kier molecular flexibility index (Phi) is 3.06. The Morgan fingerprint density at radius 3 is 2.62 bits per heavy atom. The maximum Gasteiger partial charge on any atom is 0.276 e. The molecule has 128 valence electrons. The Balaban J connectivity index is 1.19. The molecule has 0 unspecified atom stereocenters. The van der Waals surface area contributed by atoms with Crippen LogP contribution in [0.15, 0.2) is 10.6 Å². The third kappa shape index (κ3) is 2.34. The standard InChI is InChI=1S/C18H23N3O3/c22-16(14-9-15(24-19-14)13-3-4-13)20-7-5-18(6-8-20)11-21(17(18)23)10-12-1-2-12/h9,12-13H,1-8,10-11H2. The van der Waals surface area contributed by atoms with Crippen LogP contribution in [-0.2, 0) is 4.79 Å². The van der Waals surface area contributed by atoms with Crippen molar-refractivity contribution in [1.82, 2.24) is 15.0 Å². The maximum absolute atomic E-state index is 12.6. The second kappa shape index (κ2) is 5.07. The predicted octanol–water partition coefficient (Wildman–Crippen LogP) is 2.03. The van der Waals surface area contributed by atoms with Crippen molar-refractivity contribution in [2.45, 2.75) is 44.4 Å². The van der Waals surface area contributed by atoms with Gasteiger partial charge in [0.05, 0.1) is 5.41 Å². The first-order valence-corrected chi connectivity index (χ1v) is 9.20. The fraction of sp³-hybridized carbons (Fsp3) is 0.722. The predicted molar refractivity (Wildman–Crippen MR) is 85.4 cm³/mol. The smallest absolute Gasteiger partial charge is 0.276 e. The van der Waals surface area contributed by atoms with Crippen LogP contribution in [0.2, 0.25) is 0 Å². The van der Waals surface area contributed by atoms with Gasteiger partial charge < -0.3 is 14.3 Å². The molecule has 0 atom stereocenters. The SMILES string of the molecule is O=C(c1cc(C2CC2)on1)N1CCC2(CC1)CN(CC1CC1)C2=O. The number of carbonyl (C=O) groups excluding carboxylic acids is 2. The Labute approximate surface area is 141 Å². The molecule has 0 aromatic carbocycles. The quantitative estimate of drug-likeness (QED) is 0.793. The number of piperidine rings is 1. The lowest BCUT2D eigenvalue weighted by Gasteiger charge is -2.52. The molecule has 0 N–H and O–H groups in total. The number of hydrogen-bond acceptors (Lipinski definition) is 4. The molecule has 2 saturated heterocycles. The van der Waals surface area contributed by atoms with Crippen LogP contribution in [0.3, 0.4) is 0 Å². The first-order chi connectivity index (χ1) is 11.6. The van der Waals surface area contributed by atoms with E-state index in [4.69, 9.17) is 4.52 Å². The van der Waals surface area contributed by atoms with Gasteiger partial charge in [0.25, 0.3) is 5.91 Å². The van der Waals surface area contributed by atoms with Crippen LogP contribution in [0, 0.1) is 11.3 Å². The van der Waals surface area contributed by atoms with Crippen LogP contribution in [0.5, 0.6) is 0 Å². The molecule has 24 heavy (non-hydrogen) atoms. The Morgan fingerprint density at radius 1 is 1.25 bits per heavy atom. The molecule has 4 aliphatic rings. The number of hydrogen-bond donors (Lipinski definition) is 0. The van der Waals surface area contributed by atoms with E-state index >= 15 is 0 Å². The van der Waals surface area contributed by atoms with Crippen molar-refractivity contribution in [3.05, 3.63) is 17.5 Å². The van der Waals surface area contributed by atoms with Crippen LogP contribution in [0.4, 0.5) is 0 Å². The fourth-order valence-electron chi connectivity index (χ4n) is 4.13. The lowest BCUT2D eigenvalue weighted by molar-refractivity contribution is -0.165. The summed E-state index contributed by atoms with van der Waals surface area (Å²) >= 11 is 0. The van der Waals surface area contributed by atoms with Crippen molar-refractivity contribution in [3.63, 3.8) is 0 Å². The number of rotatable bonds is 4. The Hall–Kier alpha value is -1.85. The third-order valence-electron chi connectivity index (χ3n) is 6.14. The molecule has 2 aliphatic heterocycles. The second-order valence-electron chi connectivity index (χ2n) is 8.09. The zero-order valence-electron chi connectivity index (χ0n) is 13.9. The summed E-state index contributed by atoms with van der Waals surface area (Å²) in [6.45, 7) is 3.13. The molecule has 2 amide bonds. The highest BCUT2D eigenvalue weighted by atomic mass is 16.5. The van der Waals surface area contributed by atoms with Crippen molar-refractivity contribution < 1.29 is 14.1 Å². The summed E-state index contributed by atoms with van der Waals surface area (Å²) in [6, 6.07) is 1.80. The number of amides is 2. The largest absolute Gasteiger partial charge is 0.360 e. The van der Waals surface area contributed by atoms with Gasteiger partial charge >= 0.3 is 0 Å². The van der Waals surface area contributed by atoms with E-state index < -0.39 is 0 Å². The lowest BCUT2D eigenvalue weighted by Crippen LogP contribution is -2.65. The molecule has 0 bridgehead atoms. The zero-order chi connectivity index (χ0) is 16.3. The second-order valence-corrected chi connectivity index (χ2v) is 8.09. The molecule has 6 heteroatoms. The molecule has 1 aromatic rings. The van der Waals surface area contributed by atoms with Crippen molar-refractivity contribution >= 4 is 11.8 Å². The van der Waals surface area contributed by atoms with Gasteiger partial charge in [-0.1, -0.05) is 5.16 Å². The van der Waals surface area contributed by atoms with Gasteiger partial charge in [-0.15, -0.1) is 0 Å². The summed E-state index contributed by atoms with van der Waals surface area (Å²) in [5, 5.41) is 3.95. The van der Waals surface area contributed by atoms with Gasteiger partial charge in [-0.2, -0.15) is 0 Å². The molecular weight excluding hydrogens is 306 g/mol. The number of carbonyl (C=O) groups is 2. The topological polar surface area (TPSA) is 66.7 Å². The van der Waals surface area contributed by atoms with E-state index in [0.717, 1.165) is 50.5 Å². The van der Waals surface area contributed by atoms with E-state index in [-0.39, 0.29) is 11.3 Å². The van der Waals surface area contributed by atoms with Crippen molar-refractivity contribution in [2.24, 2.45) is 11.3 Å². The maximum atomic E-state index is 12.6. The van der Waals surface area contributed by atoms with Gasteiger partial charge in [0.1, 0.15) is 5.76 Å². The number of β-lactam (4-membered cyclic amide) rings is 1. The van der Waals surface area contributed by atoms with Gasteiger partial charge in [-0.25, -0.2) is 0 Å². The van der Waals surface area contributed by atoms with Gasteiger partial charge in [0, 0.05) is 38.2 Å². The Morgan fingerprint density at radius 2 is 2.00 bits per heavy atom. The molecule has 0 radical (unpaired) electrons. The minimum absolute atomic E-state index is 0.0536. The van der Waals surface area contributed by atoms with E-state index in [1.165, 1.54) is 12.8 Å². The minimum Gasteiger partial charge on any atom is -0.360 e. The highest BCUT2D eigenvalue weighted by Crippen LogP contribution is 2.44. The first kappa shape index (κ1) is 14.5. The van der Waals surface area contributed by atoms with Crippen molar-refractivity contribution in [3.8, 4) is 0 Å². The lowest BCUT2D eigenvalue weighted by atomic mass is 9.71. The van der Waals surface area contributed by atoms with E-state index in [2.05, 4.69) is 5.16 Å². The average molecular weight is 329 g/mol. The highest BCUT2D eigenvalue weighted by Gasteiger charge is 2.54. The molecule has 4 fully saturated rings. The van der Waals surface area contributed by atoms with Gasteiger partial charge in [0.15, 0.2) is 5.69 Å². The van der Waals surface area contributed by atoms with Crippen LogP contribution < -0.4 is 0 Å². The summed E-state index contributed by atoms with van der Waals surface area (Å²) < 4.78 is 5.29. The van der Waals surface area contributed by atoms with Crippen LogP contribution in [0.25, 0.3) is 0 Å². The summed E-state index contributed by atoms with van der Waals surface area (Å²) in [5.41, 5.74) is 0.234. The van der Waals surface area contributed by atoms with E-state index in [0.29, 0.717) is 30.6 Å². The summed E-state index contributed by atoms with van der Waals surface area (Å²) in [6.07, 6.45) is 6.39. The van der Waals surface area contributed by atoms with Gasteiger partial charge in [-0.3, -0.25) is 9.59 Å². The zero-order valence-corrected chi connectivity index (χ0v) is 13.9. The normalized spacial score (nSPS) is 25.9. The highest BCUT2D eigenvalue weighted by molar-refractivity contribution is 5.93. The molecule has 1 aromatic heterocycles. The molecule has 1 spiro atoms. The van der Waals surface area contributed by atoms with Gasteiger partial charge in [-0.05, 0) is 44.4 Å². The number of likely N-dealkylation sites (tertiary alicyclic amines) is 2. The number of aromatic nitrogens is 1. The van der Waals surface area contributed by atoms with Crippen LogP contribution in [-0.4, -0.2) is 52.9 Å². The van der Waals surface area contributed by atoms with Crippen molar-refractivity contribution in [2.75, 3.05) is 26.2 Å². The van der Waals surface area contributed by atoms with Crippen LogP contribution in [0.1, 0.15) is 60.7 Å². The molecule has 5 rings (SSSR count). The van der Waals surface area contributed by atoms with E-state index in [9.17, 15) is 9.59 Å². The molecule has 3 heterocycles. The molecular formula is C18H23N3O3. The van der Waals surface area contributed by atoms with Gasteiger partial charge in [0.2, 0.25) is 5.91 Å². The average Bonchev–Trinajstić information content (AvgIpc) is 3.54. The molecule has 2 saturated carbocycles. The summed E-state index contributed by atoms with van der Waals surface area (Å²) in [7, 11) is 0. The molecule has 6 nitrogen and oxygen atoms in total. The summed E-state index contributed by atoms with van der Waals surface area (Å²) in [4.78, 5) is 29.0. The Bertz CT molecular complexity index is 681. The third-order valence-corrected chi connectivity index (χ3v) is 6.14. The van der Waals surface area contributed by atoms with E-state index in [1.54, 1.807) is 6.07 Å². The molecule has 2 aliphatic carbocycles.